The Hall–Kier alpha value is -2.93. The highest BCUT2D eigenvalue weighted by Crippen LogP contribution is 2.19. The number of rotatable bonds is 6. The first-order valence-corrected chi connectivity index (χ1v) is 7.99. The minimum Gasteiger partial charge on any atom is -0.497 e. The first kappa shape index (κ1) is 16.9. The highest BCUT2D eigenvalue weighted by atomic mass is 35.5. The molecule has 0 atom stereocenters. The first-order chi connectivity index (χ1) is 12.2. The fourth-order valence-electron chi connectivity index (χ4n) is 2.37. The normalized spacial score (nSPS) is 10.5. The summed E-state index contributed by atoms with van der Waals surface area (Å²) >= 11 is 6.03. The fourth-order valence-corrected chi connectivity index (χ4v) is 2.54. The maximum Gasteiger partial charge on any atom is 0.253 e. The molecule has 0 saturated carbocycles. The molecule has 0 bridgehead atoms. The molecule has 8 heteroatoms. The second-order valence-corrected chi connectivity index (χ2v) is 5.71. The maximum absolute atomic E-state index is 12.5. The van der Waals surface area contributed by atoms with Gasteiger partial charge in [-0.25, -0.2) is 0 Å². The third-order valence-electron chi connectivity index (χ3n) is 3.66. The summed E-state index contributed by atoms with van der Waals surface area (Å²) in [6.07, 6.45) is 2.13. The second-order valence-electron chi connectivity index (χ2n) is 5.27. The van der Waals surface area contributed by atoms with Crippen LogP contribution in [0.4, 0.5) is 0 Å². The molecule has 1 amide bonds. The third-order valence-corrected chi connectivity index (χ3v) is 3.89. The van der Waals surface area contributed by atoms with Crippen molar-refractivity contribution in [3.63, 3.8) is 0 Å². The molecule has 0 aliphatic heterocycles. The Balaban J connectivity index is 1.67. The first-order valence-electron chi connectivity index (χ1n) is 7.61. The average molecular weight is 358 g/mol. The number of nitrogens with zero attached hydrogens (tertiary/aromatic N) is 4. The van der Waals surface area contributed by atoms with Crippen LogP contribution in [0, 0.1) is 0 Å². The van der Waals surface area contributed by atoms with E-state index >= 15 is 0 Å². The Bertz CT molecular complexity index is 850. The number of methoxy groups -OCH3 is 1. The Morgan fingerprint density at radius 3 is 2.72 bits per heavy atom. The molecular weight excluding hydrogens is 342 g/mol. The van der Waals surface area contributed by atoms with Crippen LogP contribution in [0.15, 0.2) is 48.8 Å². The van der Waals surface area contributed by atoms with Crippen LogP contribution in [-0.4, -0.2) is 39.8 Å². The molecule has 3 rings (SSSR count). The second kappa shape index (κ2) is 7.76. The van der Waals surface area contributed by atoms with Crippen LogP contribution in [0.1, 0.15) is 15.9 Å². The zero-order chi connectivity index (χ0) is 17.6. The lowest BCUT2D eigenvalue weighted by atomic mass is 10.1. The van der Waals surface area contributed by atoms with E-state index < -0.39 is 0 Å². The number of hydrogen-bond acceptors (Lipinski definition) is 5. The molecule has 25 heavy (non-hydrogen) atoms. The van der Waals surface area contributed by atoms with Gasteiger partial charge in [0, 0.05) is 11.6 Å². The van der Waals surface area contributed by atoms with Gasteiger partial charge in [0.25, 0.3) is 5.91 Å². The standard InChI is InChI=1S/C17H16ClN5O2/c1-25-14-5-2-12(3-6-14)8-9-19-17(24)15-10-13(18)4-7-16(15)23-11-20-21-22-23/h2-7,10-11H,8-9H2,1H3,(H,19,24). The summed E-state index contributed by atoms with van der Waals surface area (Å²) in [5.74, 6) is 0.569. The van der Waals surface area contributed by atoms with E-state index in [4.69, 9.17) is 16.3 Å². The quantitative estimate of drug-likeness (QED) is 0.732. The van der Waals surface area contributed by atoms with Gasteiger partial charge >= 0.3 is 0 Å². The number of benzene rings is 2. The van der Waals surface area contributed by atoms with Crippen molar-refractivity contribution in [1.29, 1.82) is 0 Å². The lowest BCUT2D eigenvalue weighted by Crippen LogP contribution is -2.27. The highest BCUT2D eigenvalue weighted by molar-refractivity contribution is 6.31. The van der Waals surface area contributed by atoms with Crippen molar-refractivity contribution < 1.29 is 9.53 Å². The van der Waals surface area contributed by atoms with Crippen LogP contribution in [-0.2, 0) is 6.42 Å². The van der Waals surface area contributed by atoms with Crippen LogP contribution in [0.25, 0.3) is 5.69 Å². The van der Waals surface area contributed by atoms with Crippen LogP contribution >= 0.6 is 11.6 Å². The van der Waals surface area contributed by atoms with Crippen molar-refractivity contribution in [2.75, 3.05) is 13.7 Å². The Labute approximate surface area is 149 Å². The molecule has 0 spiro atoms. The minimum absolute atomic E-state index is 0.235. The van der Waals surface area contributed by atoms with Crippen molar-refractivity contribution in [3.8, 4) is 11.4 Å². The largest absolute Gasteiger partial charge is 0.497 e. The van der Waals surface area contributed by atoms with Crippen LogP contribution < -0.4 is 10.1 Å². The molecule has 0 aliphatic carbocycles. The van der Waals surface area contributed by atoms with Gasteiger partial charge in [-0.15, -0.1) is 5.10 Å². The zero-order valence-corrected chi connectivity index (χ0v) is 14.3. The molecule has 128 valence electrons. The van der Waals surface area contributed by atoms with E-state index in [0.29, 0.717) is 29.2 Å². The summed E-state index contributed by atoms with van der Waals surface area (Å²) < 4.78 is 6.55. The molecule has 0 unspecified atom stereocenters. The van der Waals surface area contributed by atoms with Crippen LogP contribution in [0.3, 0.4) is 0 Å². The molecule has 1 heterocycles. The van der Waals surface area contributed by atoms with E-state index in [9.17, 15) is 4.79 Å². The number of halogens is 1. The summed E-state index contributed by atoms with van der Waals surface area (Å²) in [4.78, 5) is 12.5. The van der Waals surface area contributed by atoms with E-state index in [-0.39, 0.29) is 5.91 Å². The molecule has 0 saturated heterocycles. The van der Waals surface area contributed by atoms with Crippen molar-refractivity contribution in [1.82, 2.24) is 25.5 Å². The van der Waals surface area contributed by atoms with Gasteiger partial charge in [0.15, 0.2) is 0 Å². The number of carbonyl (C=O) groups is 1. The summed E-state index contributed by atoms with van der Waals surface area (Å²) in [5.41, 5.74) is 2.08. The topological polar surface area (TPSA) is 81.9 Å². The predicted molar refractivity (Wildman–Crippen MR) is 93.2 cm³/mol. The van der Waals surface area contributed by atoms with E-state index in [1.54, 1.807) is 25.3 Å². The minimum atomic E-state index is -0.235. The number of amides is 1. The molecule has 3 aromatic rings. The fraction of sp³-hybridized carbons (Fsp3) is 0.176. The third kappa shape index (κ3) is 4.13. The van der Waals surface area contributed by atoms with E-state index in [0.717, 1.165) is 11.3 Å². The Morgan fingerprint density at radius 1 is 1.24 bits per heavy atom. The summed E-state index contributed by atoms with van der Waals surface area (Å²) in [6, 6.07) is 12.7. The molecule has 0 fully saturated rings. The number of hydrogen-bond donors (Lipinski definition) is 1. The molecule has 1 N–H and O–H groups in total. The molecule has 2 aromatic carbocycles. The molecule has 0 aliphatic rings. The number of nitrogens with one attached hydrogen (secondary N) is 1. The predicted octanol–water partition coefficient (Wildman–Crippen LogP) is 2.30. The highest BCUT2D eigenvalue weighted by Gasteiger charge is 2.14. The lowest BCUT2D eigenvalue weighted by Gasteiger charge is -2.10. The van der Waals surface area contributed by atoms with Gasteiger partial charge in [0.1, 0.15) is 12.1 Å². The Kier molecular flexibility index (Phi) is 5.25. The zero-order valence-electron chi connectivity index (χ0n) is 13.5. The molecule has 7 nitrogen and oxygen atoms in total. The van der Waals surface area contributed by atoms with Gasteiger partial charge in [0.2, 0.25) is 0 Å². The van der Waals surface area contributed by atoms with E-state index in [1.807, 2.05) is 24.3 Å². The summed E-state index contributed by atoms with van der Waals surface area (Å²) in [7, 11) is 1.63. The number of ether oxygens (including phenoxy) is 1. The van der Waals surface area contributed by atoms with Gasteiger partial charge in [-0.1, -0.05) is 23.7 Å². The molecule has 0 radical (unpaired) electrons. The van der Waals surface area contributed by atoms with Gasteiger partial charge in [-0.3, -0.25) is 4.79 Å². The number of tetrazole rings is 1. The average Bonchev–Trinajstić information content (AvgIpc) is 3.16. The van der Waals surface area contributed by atoms with Gasteiger partial charge in [-0.05, 0) is 52.7 Å². The number of carbonyl (C=O) groups excluding carboxylic acids is 1. The summed E-state index contributed by atoms with van der Waals surface area (Å²) in [6.45, 7) is 0.493. The smallest absolute Gasteiger partial charge is 0.253 e. The van der Waals surface area contributed by atoms with Crippen LogP contribution in [0.5, 0.6) is 5.75 Å². The van der Waals surface area contributed by atoms with Crippen molar-refractivity contribution >= 4 is 17.5 Å². The van der Waals surface area contributed by atoms with Crippen LogP contribution in [0.2, 0.25) is 5.02 Å². The number of aromatic nitrogens is 4. The van der Waals surface area contributed by atoms with Crippen molar-refractivity contribution in [2.45, 2.75) is 6.42 Å². The monoisotopic (exact) mass is 357 g/mol. The van der Waals surface area contributed by atoms with Gasteiger partial charge in [0.05, 0.1) is 18.4 Å². The molecule has 1 aromatic heterocycles. The Morgan fingerprint density at radius 2 is 2.04 bits per heavy atom. The van der Waals surface area contributed by atoms with Gasteiger partial charge < -0.3 is 10.1 Å². The summed E-state index contributed by atoms with van der Waals surface area (Å²) in [5, 5.41) is 14.4. The van der Waals surface area contributed by atoms with E-state index in [2.05, 4.69) is 20.8 Å². The van der Waals surface area contributed by atoms with E-state index in [1.165, 1.54) is 11.0 Å². The van der Waals surface area contributed by atoms with Gasteiger partial charge in [-0.2, -0.15) is 4.68 Å². The lowest BCUT2D eigenvalue weighted by molar-refractivity contribution is 0.0954. The molecular formula is C17H16ClN5O2. The van der Waals surface area contributed by atoms with Crippen molar-refractivity contribution in [3.05, 3.63) is 64.9 Å². The van der Waals surface area contributed by atoms with Crippen molar-refractivity contribution in [2.24, 2.45) is 0 Å². The SMILES string of the molecule is COc1ccc(CCNC(=O)c2cc(Cl)ccc2-n2cnnn2)cc1. The maximum atomic E-state index is 12.5.